The van der Waals surface area contributed by atoms with E-state index < -0.39 is 0 Å². The molecule has 10 heavy (non-hydrogen) atoms. The first-order valence-electron chi connectivity index (χ1n) is 2.87. The van der Waals surface area contributed by atoms with Crippen molar-refractivity contribution in [1.82, 2.24) is 0 Å². The monoisotopic (exact) mass is 154 g/mol. The predicted molar refractivity (Wildman–Crippen MR) is 43.4 cm³/mol. The normalized spacial score (nSPS) is 16.2. The first kappa shape index (κ1) is 7.39. The second kappa shape index (κ2) is 3.45. The van der Waals surface area contributed by atoms with E-state index in [0.29, 0.717) is 0 Å². The molecule has 0 heterocycles. The van der Waals surface area contributed by atoms with Crippen molar-refractivity contribution < 1.29 is 4.39 Å². The Balaban J connectivity index is 2.85. The molecule has 52 valence electrons. The molecule has 0 aliphatic heterocycles. The molecular formula is C8H7FS. The van der Waals surface area contributed by atoms with Gasteiger partial charge in [-0.25, -0.2) is 0 Å². The van der Waals surface area contributed by atoms with Crippen LogP contribution in [0.3, 0.4) is 0 Å². The van der Waals surface area contributed by atoms with Gasteiger partial charge in [-0.2, -0.15) is 4.39 Å². The van der Waals surface area contributed by atoms with Crippen LogP contribution in [0.5, 0.6) is 0 Å². The van der Waals surface area contributed by atoms with Crippen molar-refractivity contribution in [2.45, 2.75) is 0 Å². The van der Waals surface area contributed by atoms with Crippen LogP contribution in [0.2, 0.25) is 0 Å². The Hall–Kier alpha value is -0.720. The highest BCUT2D eigenvalue weighted by Crippen LogP contribution is 2.15. The first-order valence-corrected chi connectivity index (χ1v) is 4.10. The van der Waals surface area contributed by atoms with Gasteiger partial charge >= 0.3 is 0 Å². The van der Waals surface area contributed by atoms with Gasteiger partial charge in [-0.3, -0.25) is 0 Å². The van der Waals surface area contributed by atoms with Gasteiger partial charge < -0.3 is 0 Å². The molecule has 0 bridgehead atoms. The highest BCUT2D eigenvalue weighted by atomic mass is 32.2. The number of allylic oxidation sites excluding steroid dienone is 4. The van der Waals surface area contributed by atoms with Crippen molar-refractivity contribution in [3.05, 3.63) is 40.8 Å². The van der Waals surface area contributed by atoms with E-state index >= 15 is 0 Å². The average molecular weight is 154 g/mol. The molecule has 0 saturated carbocycles. The van der Waals surface area contributed by atoms with Gasteiger partial charge in [-0.15, -0.1) is 11.8 Å². The summed E-state index contributed by atoms with van der Waals surface area (Å²) in [7, 11) is 0. The fraction of sp³-hybridized carbons (Fsp3) is 0.125. The van der Waals surface area contributed by atoms with Crippen LogP contribution in [0.25, 0.3) is 0 Å². The maximum absolute atomic E-state index is 12.4. The van der Waals surface area contributed by atoms with Gasteiger partial charge in [-0.1, -0.05) is 5.73 Å². The lowest BCUT2D eigenvalue weighted by Crippen LogP contribution is -1.64. The highest BCUT2D eigenvalue weighted by molar-refractivity contribution is 8.02. The van der Waals surface area contributed by atoms with Crippen LogP contribution >= 0.6 is 11.8 Å². The van der Waals surface area contributed by atoms with Crippen LogP contribution in [0.4, 0.5) is 4.39 Å². The minimum absolute atomic E-state index is 0.319. The lowest BCUT2D eigenvalue weighted by molar-refractivity contribution is 0.669. The third-order valence-electron chi connectivity index (χ3n) is 1.10. The van der Waals surface area contributed by atoms with E-state index in [1.807, 2.05) is 12.3 Å². The van der Waals surface area contributed by atoms with Gasteiger partial charge in [0.15, 0.2) is 5.83 Å². The van der Waals surface area contributed by atoms with Crippen molar-refractivity contribution in [3.8, 4) is 0 Å². The fourth-order valence-corrected chi connectivity index (χ4v) is 1.01. The summed E-state index contributed by atoms with van der Waals surface area (Å²) >= 11 is 1.58. The maximum Gasteiger partial charge on any atom is 0.165 e. The highest BCUT2D eigenvalue weighted by Gasteiger charge is 1.90. The molecule has 0 aromatic rings. The summed E-state index contributed by atoms with van der Waals surface area (Å²) < 4.78 is 12.4. The molecule has 0 aromatic carbocycles. The van der Waals surface area contributed by atoms with E-state index in [2.05, 4.69) is 5.73 Å². The van der Waals surface area contributed by atoms with E-state index in [1.165, 1.54) is 6.08 Å². The van der Waals surface area contributed by atoms with E-state index in [9.17, 15) is 4.39 Å². The number of halogens is 1. The molecule has 0 N–H and O–H groups in total. The topological polar surface area (TPSA) is 0 Å². The Kier molecular flexibility index (Phi) is 2.55. The summed E-state index contributed by atoms with van der Waals surface area (Å²) in [6.07, 6.45) is 8.50. The quantitative estimate of drug-likeness (QED) is 0.523. The number of rotatable bonds is 1. The first-order chi connectivity index (χ1) is 4.83. The Morgan fingerprint density at radius 3 is 3.00 bits per heavy atom. The zero-order valence-electron chi connectivity index (χ0n) is 5.60. The van der Waals surface area contributed by atoms with E-state index in [-0.39, 0.29) is 5.83 Å². The second-order valence-electron chi connectivity index (χ2n) is 1.77. The third kappa shape index (κ3) is 1.90. The molecule has 0 saturated heterocycles. The van der Waals surface area contributed by atoms with Crippen LogP contribution in [0, 0.1) is 0 Å². The number of thioether (sulfide) groups is 1. The standard InChI is InChI=1S/C8H7FS/c1-10-8-4-2-3-7(9)5-6-8/h2,4-6H,1H3. The Bertz CT molecular complexity index is 242. The molecule has 0 radical (unpaired) electrons. The van der Waals surface area contributed by atoms with Crippen molar-refractivity contribution in [2.75, 3.05) is 6.26 Å². The Labute approximate surface area is 63.8 Å². The summed E-state index contributed by atoms with van der Waals surface area (Å²) in [4.78, 5) is 1.04. The summed E-state index contributed by atoms with van der Waals surface area (Å²) in [6, 6.07) is 0. The van der Waals surface area contributed by atoms with Crippen molar-refractivity contribution in [2.24, 2.45) is 0 Å². The Morgan fingerprint density at radius 1 is 1.50 bits per heavy atom. The van der Waals surface area contributed by atoms with Crippen LogP contribution in [-0.2, 0) is 0 Å². The van der Waals surface area contributed by atoms with E-state index in [4.69, 9.17) is 0 Å². The molecular weight excluding hydrogens is 147 g/mol. The van der Waals surface area contributed by atoms with Gasteiger partial charge in [-0.05, 0) is 30.6 Å². The molecule has 0 amide bonds. The van der Waals surface area contributed by atoms with Gasteiger partial charge in [0.2, 0.25) is 0 Å². The second-order valence-corrected chi connectivity index (χ2v) is 2.65. The number of hydrogen-bond donors (Lipinski definition) is 0. The zero-order valence-corrected chi connectivity index (χ0v) is 6.41. The van der Waals surface area contributed by atoms with Crippen molar-refractivity contribution in [3.63, 3.8) is 0 Å². The summed E-state index contributed by atoms with van der Waals surface area (Å²) in [5.74, 6) is -0.319. The number of hydrogen-bond acceptors (Lipinski definition) is 1. The fourth-order valence-electron chi connectivity index (χ4n) is 0.598. The van der Waals surface area contributed by atoms with Crippen molar-refractivity contribution >= 4 is 11.8 Å². The molecule has 0 nitrogen and oxygen atoms in total. The van der Waals surface area contributed by atoms with Gasteiger partial charge in [0.25, 0.3) is 0 Å². The molecule has 0 spiro atoms. The third-order valence-corrected chi connectivity index (χ3v) is 1.84. The Morgan fingerprint density at radius 2 is 2.30 bits per heavy atom. The van der Waals surface area contributed by atoms with Crippen LogP contribution in [0.15, 0.2) is 40.8 Å². The van der Waals surface area contributed by atoms with Gasteiger partial charge in [0.05, 0.1) is 0 Å². The van der Waals surface area contributed by atoms with Gasteiger partial charge in [0, 0.05) is 4.91 Å². The van der Waals surface area contributed by atoms with Crippen molar-refractivity contribution in [1.29, 1.82) is 0 Å². The lowest BCUT2D eigenvalue weighted by Gasteiger charge is -1.89. The van der Waals surface area contributed by atoms with Gasteiger partial charge in [0.1, 0.15) is 0 Å². The van der Waals surface area contributed by atoms with Crippen LogP contribution < -0.4 is 0 Å². The molecule has 1 aliphatic rings. The molecule has 2 heteroatoms. The minimum atomic E-state index is -0.319. The molecule has 1 aliphatic carbocycles. The average Bonchev–Trinajstić information content (AvgIpc) is 2.14. The van der Waals surface area contributed by atoms with Crippen LogP contribution in [-0.4, -0.2) is 6.26 Å². The molecule has 0 unspecified atom stereocenters. The summed E-state index contributed by atoms with van der Waals surface area (Å²) in [6.45, 7) is 0. The van der Waals surface area contributed by atoms with E-state index in [1.54, 1.807) is 23.9 Å². The minimum Gasteiger partial charge on any atom is -0.198 e. The lowest BCUT2D eigenvalue weighted by atomic mass is 10.4. The molecule has 0 aromatic heterocycles. The predicted octanol–water partition coefficient (Wildman–Crippen LogP) is 2.81. The molecule has 1 rings (SSSR count). The van der Waals surface area contributed by atoms with E-state index in [0.717, 1.165) is 4.91 Å². The smallest absolute Gasteiger partial charge is 0.165 e. The largest absolute Gasteiger partial charge is 0.198 e. The summed E-state index contributed by atoms with van der Waals surface area (Å²) in [5.41, 5.74) is 2.46. The summed E-state index contributed by atoms with van der Waals surface area (Å²) in [5, 5.41) is 0. The maximum atomic E-state index is 12.4. The SMILES string of the molecule is CSC1=CC=C=C(F)C=C1. The van der Waals surface area contributed by atoms with Crippen LogP contribution in [0.1, 0.15) is 0 Å². The molecule has 0 atom stereocenters. The molecule has 0 fully saturated rings. The zero-order chi connectivity index (χ0) is 7.40.